The van der Waals surface area contributed by atoms with Crippen molar-refractivity contribution in [1.29, 1.82) is 0 Å². The van der Waals surface area contributed by atoms with Crippen molar-refractivity contribution < 1.29 is 14.4 Å². The normalized spacial score (nSPS) is 16.1. The maximum atomic E-state index is 9.78. The van der Waals surface area contributed by atoms with Crippen LogP contribution in [0.25, 0.3) is 0 Å². The molecule has 1 saturated carbocycles. The Morgan fingerprint density at radius 3 is 2.95 bits per heavy atom. The minimum absolute atomic E-state index is 0.249. The summed E-state index contributed by atoms with van der Waals surface area (Å²) >= 11 is 0. The highest BCUT2D eigenvalue weighted by Crippen LogP contribution is 2.38. The average molecular weight is 274 g/mol. The van der Waals surface area contributed by atoms with Crippen LogP contribution in [0, 0.1) is 6.92 Å². The van der Waals surface area contributed by atoms with E-state index >= 15 is 0 Å². The van der Waals surface area contributed by atoms with E-state index in [0.29, 0.717) is 23.4 Å². The predicted octanol–water partition coefficient (Wildman–Crippen LogP) is 2.89. The summed E-state index contributed by atoms with van der Waals surface area (Å²) < 4.78 is 10.9. The van der Waals surface area contributed by atoms with Gasteiger partial charge in [-0.1, -0.05) is 16.8 Å². The highest BCUT2D eigenvalue weighted by molar-refractivity contribution is 5.38. The van der Waals surface area contributed by atoms with Crippen molar-refractivity contribution in [2.75, 3.05) is 0 Å². The van der Waals surface area contributed by atoms with Crippen LogP contribution in [-0.2, 0) is 6.61 Å². The SMILES string of the molecule is Cc1ccc(OCc2noc(C3CC3)n2)c([C@@H](C)O)c1. The molecule has 5 nitrogen and oxygen atoms in total. The molecule has 1 aromatic carbocycles. The number of aliphatic hydroxyl groups excluding tert-OH is 1. The number of benzene rings is 1. The van der Waals surface area contributed by atoms with Gasteiger partial charge in [0.1, 0.15) is 5.75 Å². The summed E-state index contributed by atoms with van der Waals surface area (Å²) in [5, 5.41) is 13.7. The first-order valence-corrected chi connectivity index (χ1v) is 6.87. The van der Waals surface area contributed by atoms with Gasteiger partial charge in [-0.15, -0.1) is 0 Å². The van der Waals surface area contributed by atoms with Gasteiger partial charge in [-0.25, -0.2) is 0 Å². The van der Waals surface area contributed by atoms with Crippen LogP contribution in [0.4, 0.5) is 0 Å². The number of ether oxygens (including phenoxy) is 1. The number of hydrogen-bond acceptors (Lipinski definition) is 5. The van der Waals surface area contributed by atoms with Crippen LogP contribution < -0.4 is 4.74 Å². The van der Waals surface area contributed by atoms with Gasteiger partial charge < -0.3 is 14.4 Å². The van der Waals surface area contributed by atoms with Gasteiger partial charge in [0.25, 0.3) is 0 Å². The Morgan fingerprint density at radius 1 is 1.45 bits per heavy atom. The van der Waals surface area contributed by atoms with Crippen molar-refractivity contribution in [3.8, 4) is 5.75 Å². The lowest BCUT2D eigenvalue weighted by atomic mass is 10.1. The number of aromatic nitrogens is 2. The van der Waals surface area contributed by atoms with E-state index in [2.05, 4.69) is 10.1 Å². The van der Waals surface area contributed by atoms with Gasteiger partial charge in [0, 0.05) is 11.5 Å². The van der Waals surface area contributed by atoms with Crippen LogP contribution in [0.3, 0.4) is 0 Å². The van der Waals surface area contributed by atoms with Gasteiger partial charge in [-0.3, -0.25) is 0 Å². The molecular formula is C15H18N2O3. The Bertz CT molecular complexity index is 603. The largest absolute Gasteiger partial charge is 0.485 e. The average Bonchev–Trinajstić information content (AvgIpc) is 3.17. The summed E-state index contributed by atoms with van der Waals surface area (Å²) in [4.78, 5) is 4.31. The van der Waals surface area contributed by atoms with Gasteiger partial charge in [0.05, 0.1) is 6.10 Å². The highest BCUT2D eigenvalue weighted by atomic mass is 16.5. The molecule has 0 radical (unpaired) electrons. The molecule has 0 spiro atoms. The molecule has 106 valence electrons. The smallest absolute Gasteiger partial charge is 0.229 e. The van der Waals surface area contributed by atoms with E-state index in [1.54, 1.807) is 6.92 Å². The molecule has 1 atom stereocenters. The van der Waals surface area contributed by atoms with Crippen LogP contribution >= 0.6 is 0 Å². The number of nitrogens with zero attached hydrogens (tertiary/aromatic N) is 2. The van der Waals surface area contributed by atoms with Crippen LogP contribution in [0.2, 0.25) is 0 Å². The second-order valence-electron chi connectivity index (χ2n) is 5.33. The monoisotopic (exact) mass is 274 g/mol. The quantitative estimate of drug-likeness (QED) is 0.908. The molecule has 5 heteroatoms. The lowest BCUT2D eigenvalue weighted by molar-refractivity contribution is 0.189. The molecular weight excluding hydrogens is 256 g/mol. The van der Waals surface area contributed by atoms with E-state index in [1.807, 2.05) is 25.1 Å². The lowest BCUT2D eigenvalue weighted by Gasteiger charge is -2.13. The van der Waals surface area contributed by atoms with Gasteiger partial charge in [-0.2, -0.15) is 4.98 Å². The van der Waals surface area contributed by atoms with Crippen LogP contribution in [0.15, 0.2) is 22.7 Å². The van der Waals surface area contributed by atoms with E-state index in [-0.39, 0.29) is 6.61 Å². The third kappa shape index (κ3) is 2.82. The first kappa shape index (κ1) is 13.1. The summed E-state index contributed by atoms with van der Waals surface area (Å²) in [5.41, 5.74) is 1.86. The Labute approximate surface area is 117 Å². The Kier molecular flexibility index (Phi) is 3.44. The maximum absolute atomic E-state index is 9.78. The van der Waals surface area contributed by atoms with Crippen molar-refractivity contribution in [3.63, 3.8) is 0 Å². The molecule has 1 aromatic heterocycles. The minimum atomic E-state index is -0.572. The Balaban J connectivity index is 1.70. The molecule has 0 amide bonds. The Morgan fingerprint density at radius 2 is 2.25 bits per heavy atom. The fraction of sp³-hybridized carbons (Fsp3) is 0.467. The van der Waals surface area contributed by atoms with Crippen LogP contribution in [-0.4, -0.2) is 15.2 Å². The fourth-order valence-corrected chi connectivity index (χ4v) is 2.09. The van der Waals surface area contributed by atoms with Crippen molar-refractivity contribution in [3.05, 3.63) is 41.0 Å². The van der Waals surface area contributed by atoms with Crippen molar-refractivity contribution in [1.82, 2.24) is 10.1 Å². The first-order chi connectivity index (χ1) is 9.63. The van der Waals surface area contributed by atoms with E-state index in [4.69, 9.17) is 9.26 Å². The van der Waals surface area contributed by atoms with Crippen molar-refractivity contribution >= 4 is 0 Å². The van der Waals surface area contributed by atoms with Gasteiger partial charge >= 0.3 is 0 Å². The molecule has 1 aliphatic rings. The second kappa shape index (κ2) is 5.25. The zero-order chi connectivity index (χ0) is 14.1. The third-order valence-corrected chi connectivity index (χ3v) is 3.38. The van der Waals surface area contributed by atoms with E-state index in [9.17, 15) is 5.11 Å². The van der Waals surface area contributed by atoms with Crippen molar-refractivity contribution in [2.45, 2.75) is 45.3 Å². The molecule has 0 aliphatic heterocycles. The minimum Gasteiger partial charge on any atom is -0.485 e. The molecule has 1 N–H and O–H groups in total. The number of hydrogen-bond donors (Lipinski definition) is 1. The lowest BCUT2D eigenvalue weighted by Crippen LogP contribution is -2.02. The predicted molar refractivity (Wildman–Crippen MR) is 72.4 cm³/mol. The summed E-state index contributed by atoms with van der Waals surface area (Å²) in [5.74, 6) is 2.36. The summed E-state index contributed by atoms with van der Waals surface area (Å²) in [6.07, 6.45) is 1.69. The van der Waals surface area contributed by atoms with E-state index in [0.717, 1.165) is 24.0 Å². The topological polar surface area (TPSA) is 68.4 Å². The first-order valence-electron chi connectivity index (χ1n) is 6.87. The number of aryl methyl sites for hydroxylation is 1. The molecule has 0 unspecified atom stereocenters. The zero-order valence-electron chi connectivity index (χ0n) is 11.7. The molecule has 20 heavy (non-hydrogen) atoms. The van der Waals surface area contributed by atoms with E-state index in [1.165, 1.54) is 0 Å². The molecule has 0 bridgehead atoms. The highest BCUT2D eigenvalue weighted by Gasteiger charge is 2.29. The summed E-state index contributed by atoms with van der Waals surface area (Å²) in [7, 11) is 0. The summed E-state index contributed by atoms with van der Waals surface area (Å²) in [6, 6.07) is 5.73. The number of aliphatic hydroxyl groups is 1. The summed E-state index contributed by atoms with van der Waals surface area (Å²) in [6.45, 7) is 3.96. The Hall–Kier alpha value is -1.88. The maximum Gasteiger partial charge on any atom is 0.229 e. The van der Waals surface area contributed by atoms with Crippen LogP contribution in [0.1, 0.15) is 54.6 Å². The van der Waals surface area contributed by atoms with Gasteiger partial charge in [0.2, 0.25) is 11.7 Å². The van der Waals surface area contributed by atoms with E-state index < -0.39 is 6.10 Å². The molecule has 0 saturated heterocycles. The second-order valence-corrected chi connectivity index (χ2v) is 5.33. The number of rotatable bonds is 5. The van der Waals surface area contributed by atoms with Crippen LogP contribution in [0.5, 0.6) is 5.75 Å². The third-order valence-electron chi connectivity index (χ3n) is 3.38. The molecule has 1 fully saturated rings. The fourth-order valence-electron chi connectivity index (χ4n) is 2.09. The molecule has 1 aliphatic carbocycles. The zero-order valence-corrected chi connectivity index (χ0v) is 11.7. The van der Waals surface area contributed by atoms with Gasteiger partial charge in [0.15, 0.2) is 6.61 Å². The van der Waals surface area contributed by atoms with Gasteiger partial charge in [-0.05, 0) is 38.8 Å². The molecule has 2 aromatic rings. The standard InChI is InChI=1S/C15H18N2O3/c1-9-3-6-13(12(7-9)10(2)18)19-8-14-16-15(20-17-14)11-4-5-11/h3,6-7,10-11,18H,4-5,8H2,1-2H3/t10-/m1/s1. The molecule has 1 heterocycles. The molecule has 3 rings (SSSR count). The van der Waals surface area contributed by atoms with Crippen molar-refractivity contribution in [2.24, 2.45) is 0 Å².